The van der Waals surface area contributed by atoms with Gasteiger partial charge in [0.25, 0.3) is 0 Å². The van der Waals surface area contributed by atoms with Gasteiger partial charge in [0.2, 0.25) is 5.91 Å². The Labute approximate surface area is 96.1 Å². The summed E-state index contributed by atoms with van der Waals surface area (Å²) in [7, 11) is 1.63. The number of hydrogen-bond donors (Lipinski definition) is 3. The fraction of sp³-hybridized carbons (Fsp3) is 0.900. The first-order valence-electron chi connectivity index (χ1n) is 5.63. The van der Waals surface area contributed by atoms with E-state index in [1.807, 2.05) is 0 Å². The Hall–Kier alpha value is -0.690. The number of carbonyl (C=O) groups excluding carboxylic acids is 1. The summed E-state index contributed by atoms with van der Waals surface area (Å²) in [6.45, 7) is 4.66. The van der Waals surface area contributed by atoms with Crippen molar-refractivity contribution in [2.75, 3.05) is 53.1 Å². The smallest absolute Gasteiger partial charge is 0.238 e. The molecule has 0 radical (unpaired) electrons. The van der Waals surface area contributed by atoms with Gasteiger partial charge >= 0.3 is 0 Å². The molecule has 0 bridgehead atoms. The Morgan fingerprint density at radius 1 is 1.38 bits per heavy atom. The van der Waals surface area contributed by atoms with Gasteiger partial charge < -0.3 is 25.4 Å². The summed E-state index contributed by atoms with van der Waals surface area (Å²) in [6, 6.07) is -0.118. The predicted molar refractivity (Wildman–Crippen MR) is 60.4 cm³/mol. The van der Waals surface area contributed by atoms with Crippen molar-refractivity contribution in [3.63, 3.8) is 0 Å². The molecule has 0 aromatic carbocycles. The van der Waals surface area contributed by atoms with Crippen LogP contribution in [0.2, 0.25) is 0 Å². The van der Waals surface area contributed by atoms with Crippen LogP contribution in [0.3, 0.4) is 0 Å². The highest BCUT2D eigenvalue weighted by atomic mass is 16.5. The number of methoxy groups -OCH3 is 1. The Kier molecular flexibility index (Phi) is 7.07. The fourth-order valence-electron chi connectivity index (χ4n) is 1.45. The minimum atomic E-state index is -0.118. The van der Waals surface area contributed by atoms with Gasteiger partial charge in [-0.25, -0.2) is 0 Å². The van der Waals surface area contributed by atoms with Crippen LogP contribution in [0, 0.1) is 0 Å². The van der Waals surface area contributed by atoms with E-state index in [2.05, 4.69) is 16.0 Å². The summed E-state index contributed by atoms with van der Waals surface area (Å²) in [6.07, 6.45) is 0. The molecule has 1 aliphatic heterocycles. The molecule has 0 aliphatic carbocycles. The monoisotopic (exact) mass is 231 g/mol. The SMILES string of the molecule is COCCOCCNC(=O)C1CNCCN1. The lowest BCUT2D eigenvalue weighted by Crippen LogP contribution is -2.56. The van der Waals surface area contributed by atoms with Crippen LogP contribution >= 0.6 is 0 Å². The van der Waals surface area contributed by atoms with Gasteiger partial charge in [-0.1, -0.05) is 0 Å². The van der Waals surface area contributed by atoms with Crippen LogP contribution in [-0.2, 0) is 14.3 Å². The van der Waals surface area contributed by atoms with Gasteiger partial charge in [-0.2, -0.15) is 0 Å². The Balaban J connectivity index is 1.97. The maximum Gasteiger partial charge on any atom is 0.238 e. The fourth-order valence-corrected chi connectivity index (χ4v) is 1.45. The first kappa shape index (κ1) is 13.4. The summed E-state index contributed by atoms with van der Waals surface area (Å²) in [4.78, 5) is 11.6. The average Bonchev–Trinajstić information content (AvgIpc) is 2.34. The van der Waals surface area contributed by atoms with E-state index in [1.165, 1.54) is 0 Å². The van der Waals surface area contributed by atoms with Crippen LogP contribution in [-0.4, -0.2) is 65.1 Å². The van der Waals surface area contributed by atoms with Crippen molar-refractivity contribution in [2.24, 2.45) is 0 Å². The molecule has 16 heavy (non-hydrogen) atoms. The molecule has 0 aromatic heterocycles. The normalized spacial score (nSPS) is 20.7. The minimum absolute atomic E-state index is 0.0301. The van der Waals surface area contributed by atoms with Crippen LogP contribution in [0.25, 0.3) is 0 Å². The number of amides is 1. The maximum atomic E-state index is 11.6. The lowest BCUT2D eigenvalue weighted by atomic mass is 10.2. The zero-order chi connectivity index (χ0) is 11.6. The van der Waals surface area contributed by atoms with Crippen LogP contribution in [0.5, 0.6) is 0 Å². The zero-order valence-electron chi connectivity index (χ0n) is 9.75. The lowest BCUT2D eigenvalue weighted by Gasteiger charge is -2.23. The summed E-state index contributed by atoms with van der Waals surface area (Å²) in [5.74, 6) is 0.0301. The van der Waals surface area contributed by atoms with E-state index in [-0.39, 0.29) is 11.9 Å². The van der Waals surface area contributed by atoms with Crippen molar-refractivity contribution in [2.45, 2.75) is 6.04 Å². The van der Waals surface area contributed by atoms with Crippen molar-refractivity contribution < 1.29 is 14.3 Å². The molecule has 6 nitrogen and oxygen atoms in total. The molecule has 0 spiro atoms. The highest BCUT2D eigenvalue weighted by Gasteiger charge is 2.19. The Bertz CT molecular complexity index is 196. The van der Waals surface area contributed by atoms with Crippen LogP contribution in [0.1, 0.15) is 0 Å². The lowest BCUT2D eigenvalue weighted by molar-refractivity contribution is -0.123. The third-order valence-electron chi connectivity index (χ3n) is 2.33. The largest absolute Gasteiger partial charge is 0.382 e. The Morgan fingerprint density at radius 2 is 2.25 bits per heavy atom. The average molecular weight is 231 g/mol. The number of nitrogens with one attached hydrogen (secondary N) is 3. The summed E-state index contributed by atoms with van der Waals surface area (Å²) in [5, 5.41) is 9.13. The molecule has 0 saturated carbocycles. The van der Waals surface area contributed by atoms with Crippen molar-refractivity contribution in [1.82, 2.24) is 16.0 Å². The molecular formula is C10H21N3O3. The van der Waals surface area contributed by atoms with Gasteiger partial charge in [0, 0.05) is 33.3 Å². The third kappa shape index (κ3) is 5.41. The second kappa shape index (κ2) is 8.46. The van der Waals surface area contributed by atoms with Gasteiger partial charge in [0.15, 0.2) is 0 Å². The van der Waals surface area contributed by atoms with E-state index >= 15 is 0 Å². The number of carbonyl (C=O) groups is 1. The number of ether oxygens (including phenoxy) is 2. The van der Waals surface area contributed by atoms with Crippen LogP contribution < -0.4 is 16.0 Å². The topological polar surface area (TPSA) is 71.6 Å². The van der Waals surface area contributed by atoms with Crippen molar-refractivity contribution in [3.8, 4) is 0 Å². The molecule has 1 aliphatic rings. The van der Waals surface area contributed by atoms with E-state index in [0.29, 0.717) is 32.9 Å². The Morgan fingerprint density at radius 3 is 2.94 bits per heavy atom. The molecule has 1 rings (SSSR count). The van der Waals surface area contributed by atoms with E-state index in [1.54, 1.807) is 7.11 Å². The number of hydrogen-bond acceptors (Lipinski definition) is 5. The van der Waals surface area contributed by atoms with Crippen LogP contribution in [0.4, 0.5) is 0 Å². The molecule has 3 N–H and O–H groups in total. The van der Waals surface area contributed by atoms with Gasteiger partial charge in [0.05, 0.1) is 25.9 Å². The van der Waals surface area contributed by atoms with E-state index < -0.39 is 0 Å². The van der Waals surface area contributed by atoms with Gasteiger partial charge in [-0.3, -0.25) is 4.79 Å². The first-order chi connectivity index (χ1) is 7.84. The summed E-state index contributed by atoms with van der Waals surface area (Å²) in [5.41, 5.74) is 0. The maximum absolute atomic E-state index is 11.6. The minimum Gasteiger partial charge on any atom is -0.382 e. The highest BCUT2D eigenvalue weighted by Crippen LogP contribution is 1.87. The van der Waals surface area contributed by atoms with E-state index in [0.717, 1.165) is 13.1 Å². The molecule has 1 atom stereocenters. The summed E-state index contributed by atoms with van der Waals surface area (Å²) < 4.78 is 10.1. The second-order valence-electron chi connectivity index (χ2n) is 3.61. The number of piperazine rings is 1. The zero-order valence-corrected chi connectivity index (χ0v) is 9.75. The van der Waals surface area contributed by atoms with Gasteiger partial charge in [0.1, 0.15) is 0 Å². The second-order valence-corrected chi connectivity index (χ2v) is 3.61. The third-order valence-corrected chi connectivity index (χ3v) is 2.33. The standard InChI is InChI=1S/C10H21N3O3/c1-15-6-7-16-5-4-13-10(14)9-8-11-2-3-12-9/h9,11-12H,2-8H2,1H3,(H,13,14). The first-order valence-corrected chi connectivity index (χ1v) is 5.63. The predicted octanol–water partition coefficient (Wildman–Crippen LogP) is -1.67. The molecule has 1 fully saturated rings. The van der Waals surface area contributed by atoms with Gasteiger partial charge in [-0.15, -0.1) is 0 Å². The van der Waals surface area contributed by atoms with E-state index in [9.17, 15) is 4.79 Å². The van der Waals surface area contributed by atoms with E-state index in [4.69, 9.17) is 9.47 Å². The van der Waals surface area contributed by atoms with Crippen molar-refractivity contribution in [1.29, 1.82) is 0 Å². The quantitative estimate of drug-likeness (QED) is 0.457. The molecule has 1 saturated heterocycles. The molecule has 0 aromatic rings. The highest BCUT2D eigenvalue weighted by molar-refractivity contribution is 5.82. The molecular weight excluding hydrogens is 210 g/mol. The van der Waals surface area contributed by atoms with Crippen LogP contribution in [0.15, 0.2) is 0 Å². The van der Waals surface area contributed by atoms with Crippen molar-refractivity contribution in [3.05, 3.63) is 0 Å². The van der Waals surface area contributed by atoms with Crippen molar-refractivity contribution >= 4 is 5.91 Å². The molecule has 94 valence electrons. The molecule has 1 unspecified atom stereocenters. The number of rotatable bonds is 7. The molecule has 1 amide bonds. The molecule has 1 heterocycles. The molecule has 6 heteroatoms. The van der Waals surface area contributed by atoms with Gasteiger partial charge in [-0.05, 0) is 0 Å². The summed E-state index contributed by atoms with van der Waals surface area (Å²) >= 11 is 0.